The van der Waals surface area contributed by atoms with E-state index in [2.05, 4.69) is 0 Å². The van der Waals surface area contributed by atoms with Gasteiger partial charge >= 0.3 is 5.97 Å². The molecular weight excluding hydrogens is 292 g/mol. The van der Waals surface area contributed by atoms with Gasteiger partial charge in [0.25, 0.3) is 0 Å². The Hall–Kier alpha value is -1.56. The Kier molecular flexibility index (Phi) is 4.56. The summed E-state index contributed by atoms with van der Waals surface area (Å²) >= 11 is 0. The Balaban J connectivity index is 2.28. The number of sulfone groups is 1. The fourth-order valence-corrected chi connectivity index (χ4v) is 5.08. The van der Waals surface area contributed by atoms with Crippen LogP contribution in [0.4, 0.5) is 0 Å². The lowest BCUT2D eigenvalue weighted by molar-refractivity contribution is -0.137. The second-order valence-corrected chi connectivity index (χ2v) is 7.87. The summed E-state index contributed by atoms with van der Waals surface area (Å²) in [6.45, 7) is 3.69. The van der Waals surface area contributed by atoms with Gasteiger partial charge in [-0.25, -0.2) is 8.42 Å². The average molecular weight is 312 g/mol. The number of benzene rings is 1. The van der Waals surface area contributed by atoms with E-state index in [9.17, 15) is 18.3 Å². The lowest BCUT2D eigenvalue weighted by Gasteiger charge is -2.27. The molecule has 1 aromatic rings. The topological polar surface area (TPSA) is 80.7 Å². The van der Waals surface area contributed by atoms with Crippen molar-refractivity contribution < 1.29 is 23.1 Å². The molecule has 1 heterocycles. The van der Waals surface area contributed by atoms with Gasteiger partial charge in [-0.15, -0.1) is 0 Å². The van der Waals surface area contributed by atoms with Crippen LogP contribution in [0.25, 0.3) is 0 Å². The van der Waals surface area contributed by atoms with E-state index in [1.165, 1.54) is 0 Å². The Bertz CT molecular complexity index is 621. The summed E-state index contributed by atoms with van der Waals surface area (Å²) in [6.07, 6.45) is 0.584. The maximum absolute atomic E-state index is 12.5. The standard InChI is InChI=1S/C15H20O5S/c1-10(2)14(15(16)17)21(18,19)9-11-7-8-20-13-6-4-3-5-12(11)13/h3-6,10-11,14H,7-9H2,1-2H3,(H,16,17). The number of carboxylic acids is 1. The molecule has 2 atom stereocenters. The minimum atomic E-state index is -3.72. The van der Waals surface area contributed by atoms with Crippen LogP contribution >= 0.6 is 0 Å². The van der Waals surface area contributed by atoms with Crippen molar-refractivity contribution in [3.63, 3.8) is 0 Å². The molecule has 0 saturated carbocycles. The van der Waals surface area contributed by atoms with Gasteiger partial charge in [-0.2, -0.15) is 0 Å². The minimum Gasteiger partial charge on any atom is -0.493 e. The number of ether oxygens (including phenoxy) is 1. The highest BCUT2D eigenvalue weighted by Crippen LogP contribution is 2.35. The Morgan fingerprint density at radius 3 is 2.67 bits per heavy atom. The van der Waals surface area contributed by atoms with Crippen LogP contribution in [0.15, 0.2) is 24.3 Å². The predicted octanol–water partition coefficient (Wildman–Crippen LogP) is 2.08. The zero-order valence-electron chi connectivity index (χ0n) is 12.2. The highest BCUT2D eigenvalue weighted by Gasteiger charge is 2.38. The molecule has 0 radical (unpaired) electrons. The zero-order chi connectivity index (χ0) is 15.6. The maximum Gasteiger partial charge on any atom is 0.322 e. The second kappa shape index (κ2) is 6.05. The normalized spacial score (nSPS) is 19.7. The number of hydrogen-bond donors (Lipinski definition) is 1. The molecule has 116 valence electrons. The Morgan fingerprint density at radius 2 is 2.05 bits per heavy atom. The summed E-state index contributed by atoms with van der Waals surface area (Å²) in [5, 5.41) is 7.85. The third-order valence-corrected chi connectivity index (χ3v) is 6.14. The van der Waals surface area contributed by atoms with Crippen molar-refractivity contribution in [1.29, 1.82) is 0 Å². The van der Waals surface area contributed by atoms with E-state index in [1.54, 1.807) is 13.8 Å². The molecule has 21 heavy (non-hydrogen) atoms. The Labute approximate surface area is 124 Å². The highest BCUT2D eigenvalue weighted by molar-refractivity contribution is 7.92. The van der Waals surface area contributed by atoms with Crippen molar-refractivity contribution in [2.75, 3.05) is 12.4 Å². The number of hydrogen-bond acceptors (Lipinski definition) is 4. The molecule has 0 fully saturated rings. The summed E-state index contributed by atoms with van der Waals surface area (Å²) in [6, 6.07) is 7.33. The van der Waals surface area contributed by atoms with Crippen molar-refractivity contribution in [3.05, 3.63) is 29.8 Å². The van der Waals surface area contributed by atoms with Crippen molar-refractivity contribution in [2.45, 2.75) is 31.4 Å². The lowest BCUT2D eigenvalue weighted by Crippen LogP contribution is -2.38. The van der Waals surface area contributed by atoms with E-state index in [4.69, 9.17) is 4.74 Å². The van der Waals surface area contributed by atoms with Crippen LogP contribution in [0.2, 0.25) is 0 Å². The molecular formula is C15H20O5S. The van der Waals surface area contributed by atoms with Gasteiger partial charge < -0.3 is 9.84 Å². The van der Waals surface area contributed by atoms with E-state index in [0.29, 0.717) is 18.8 Å². The first kappa shape index (κ1) is 15.8. The van der Waals surface area contributed by atoms with Crippen LogP contribution in [0, 0.1) is 5.92 Å². The van der Waals surface area contributed by atoms with Gasteiger partial charge in [0.2, 0.25) is 0 Å². The van der Waals surface area contributed by atoms with Crippen LogP contribution in [-0.2, 0) is 14.6 Å². The molecule has 0 amide bonds. The van der Waals surface area contributed by atoms with E-state index >= 15 is 0 Å². The largest absolute Gasteiger partial charge is 0.493 e. The lowest BCUT2D eigenvalue weighted by atomic mass is 9.95. The molecule has 2 rings (SSSR count). The van der Waals surface area contributed by atoms with Crippen LogP contribution in [0.1, 0.15) is 31.7 Å². The molecule has 0 aromatic heterocycles. The summed E-state index contributed by atoms with van der Waals surface area (Å²) in [5.41, 5.74) is 0.847. The number of fused-ring (bicyclic) bond motifs is 1. The van der Waals surface area contributed by atoms with Gasteiger partial charge in [0.15, 0.2) is 15.1 Å². The van der Waals surface area contributed by atoms with Gasteiger partial charge in [0.05, 0.1) is 12.4 Å². The van der Waals surface area contributed by atoms with Crippen LogP contribution in [-0.4, -0.2) is 37.1 Å². The zero-order valence-corrected chi connectivity index (χ0v) is 13.0. The molecule has 5 nitrogen and oxygen atoms in total. The van der Waals surface area contributed by atoms with Crippen molar-refractivity contribution >= 4 is 15.8 Å². The molecule has 0 saturated heterocycles. The number of carboxylic acid groups (broad SMARTS) is 1. The summed E-state index contributed by atoms with van der Waals surface area (Å²) < 4.78 is 30.5. The first-order chi connectivity index (χ1) is 9.83. The first-order valence-electron chi connectivity index (χ1n) is 6.99. The molecule has 2 unspecified atom stereocenters. The molecule has 0 aliphatic carbocycles. The molecule has 0 spiro atoms. The van der Waals surface area contributed by atoms with E-state index < -0.39 is 27.0 Å². The molecule has 1 N–H and O–H groups in total. The van der Waals surface area contributed by atoms with E-state index in [-0.39, 0.29) is 11.7 Å². The van der Waals surface area contributed by atoms with Crippen molar-refractivity contribution in [2.24, 2.45) is 5.92 Å². The number of rotatable bonds is 5. The first-order valence-corrected chi connectivity index (χ1v) is 8.70. The van der Waals surface area contributed by atoms with Crippen LogP contribution in [0.5, 0.6) is 5.75 Å². The smallest absolute Gasteiger partial charge is 0.322 e. The van der Waals surface area contributed by atoms with Gasteiger partial charge in [0.1, 0.15) is 5.75 Å². The minimum absolute atomic E-state index is 0.150. The van der Waals surface area contributed by atoms with Gasteiger partial charge in [0, 0.05) is 5.92 Å². The highest BCUT2D eigenvalue weighted by atomic mass is 32.2. The molecule has 1 aliphatic rings. The number of carbonyl (C=O) groups is 1. The second-order valence-electron chi connectivity index (χ2n) is 5.70. The van der Waals surface area contributed by atoms with Gasteiger partial charge in [-0.05, 0) is 24.0 Å². The molecule has 6 heteroatoms. The molecule has 0 bridgehead atoms. The summed E-state index contributed by atoms with van der Waals surface area (Å²) in [5.74, 6) is -1.39. The Morgan fingerprint density at radius 1 is 1.38 bits per heavy atom. The fourth-order valence-electron chi connectivity index (χ4n) is 2.83. The SMILES string of the molecule is CC(C)C(C(=O)O)S(=O)(=O)CC1CCOc2ccccc21. The predicted molar refractivity (Wildman–Crippen MR) is 79.3 cm³/mol. The van der Waals surface area contributed by atoms with Gasteiger partial charge in [-0.1, -0.05) is 32.0 Å². The molecule has 1 aliphatic heterocycles. The summed E-state index contributed by atoms with van der Waals surface area (Å²) in [4.78, 5) is 11.3. The monoisotopic (exact) mass is 312 g/mol. The van der Waals surface area contributed by atoms with Crippen LogP contribution < -0.4 is 4.74 Å². The number of aliphatic carboxylic acids is 1. The third kappa shape index (κ3) is 3.37. The van der Waals surface area contributed by atoms with Crippen molar-refractivity contribution in [1.82, 2.24) is 0 Å². The third-order valence-electron chi connectivity index (χ3n) is 3.75. The number of para-hydroxylation sites is 1. The van der Waals surface area contributed by atoms with E-state index in [1.807, 2.05) is 24.3 Å². The summed E-state index contributed by atoms with van der Waals surface area (Å²) in [7, 11) is -3.72. The maximum atomic E-state index is 12.5. The van der Waals surface area contributed by atoms with Crippen molar-refractivity contribution in [3.8, 4) is 5.75 Å². The van der Waals surface area contributed by atoms with E-state index in [0.717, 1.165) is 5.56 Å². The fraction of sp³-hybridized carbons (Fsp3) is 0.533. The molecule has 1 aromatic carbocycles. The van der Waals surface area contributed by atoms with Crippen LogP contribution in [0.3, 0.4) is 0 Å². The quantitative estimate of drug-likeness (QED) is 0.900. The average Bonchev–Trinajstić information content (AvgIpc) is 2.37. The van der Waals surface area contributed by atoms with Gasteiger partial charge in [-0.3, -0.25) is 4.79 Å².